The predicted molar refractivity (Wildman–Crippen MR) is 319 cm³/mol. The van der Waals surface area contributed by atoms with Crippen LogP contribution in [0.4, 0.5) is 0 Å². The molecule has 0 spiro atoms. The third-order valence-corrected chi connectivity index (χ3v) is 16.1. The van der Waals surface area contributed by atoms with E-state index in [0.717, 1.165) is 0 Å². The molecular formula is C62H106O30. The first-order valence-corrected chi connectivity index (χ1v) is 30.6. The molecule has 92 heavy (non-hydrogen) atoms. The van der Waals surface area contributed by atoms with Crippen LogP contribution in [0.25, 0.3) is 0 Å². The molecule has 534 valence electrons. The molecule has 0 aromatic heterocycles. The third-order valence-electron chi connectivity index (χ3n) is 16.1. The van der Waals surface area contributed by atoms with Crippen LogP contribution in [0.15, 0.2) is 0 Å². The summed E-state index contributed by atoms with van der Waals surface area (Å²) < 4.78 is 54.8. The van der Waals surface area contributed by atoms with E-state index in [1.165, 1.54) is 76.2 Å². The van der Waals surface area contributed by atoms with Gasteiger partial charge in [-0.3, -0.25) is 47.9 Å². The van der Waals surface area contributed by atoms with Crippen molar-refractivity contribution in [2.45, 2.75) is 147 Å². The number of carbonyl (C=O) groups excluding carboxylic acids is 10. The van der Waals surface area contributed by atoms with Gasteiger partial charge in [0.2, 0.25) is 0 Å². The van der Waals surface area contributed by atoms with E-state index in [2.05, 4.69) is 0 Å². The molecule has 0 heterocycles. The Bertz CT molecular complexity index is 2380. The van der Waals surface area contributed by atoms with E-state index in [1.54, 1.807) is 6.92 Å². The smallest absolute Gasteiger partial charge is 0.311 e. The summed E-state index contributed by atoms with van der Waals surface area (Å²) >= 11 is 0. The highest BCUT2D eigenvalue weighted by atomic mass is 16.6. The normalized spacial score (nSPS) is 17.6. The molecule has 30 nitrogen and oxygen atoms in total. The lowest BCUT2D eigenvalue weighted by molar-refractivity contribution is -0.178. The molecule has 0 saturated heterocycles. The van der Waals surface area contributed by atoms with Crippen LogP contribution in [0.5, 0.6) is 0 Å². The molecule has 9 atom stereocenters. The topological polar surface area (TPSA) is 465 Å². The highest BCUT2D eigenvalue weighted by Crippen LogP contribution is 2.57. The van der Waals surface area contributed by atoms with Gasteiger partial charge < -0.3 is 98.4 Å². The molecule has 0 amide bonds. The number of esters is 10. The first-order valence-electron chi connectivity index (χ1n) is 30.6. The highest BCUT2D eigenvalue weighted by Gasteiger charge is 2.61. The van der Waals surface area contributed by atoms with Crippen LogP contribution in [0, 0.1) is 54.1 Å². The molecule has 0 fully saturated rings. The second-order valence-corrected chi connectivity index (χ2v) is 26.5. The van der Waals surface area contributed by atoms with Crippen LogP contribution in [0.1, 0.15) is 147 Å². The molecule has 0 aromatic carbocycles. The molecule has 0 aromatic rings. The third kappa shape index (κ3) is 25.6. The van der Waals surface area contributed by atoms with Gasteiger partial charge >= 0.3 is 59.7 Å². The van der Waals surface area contributed by atoms with Gasteiger partial charge in [-0.25, -0.2) is 0 Å². The van der Waals surface area contributed by atoms with Gasteiger partial charge in [-0.2, -0.15) is 0 Å². The van der Waals surface area contributed by atoms with Crippen molar-refractivity contribution < 1.29 is 146 Å². The van der Waals surface area contributed by atoms with E-state index in [4.69, 9.17) is 47.4 Å². The summed E-state index contributed by atoms with van der Waals surface area (Å²) in [6.07, 6.45) is -6.55. The lowest BCUT2D eigenvalue weighted by Gasteiger charge is -2.47. The average Bonchev–Trinajstić information content (AvgIpc) is 0.770. The SMILES string of the molecule is CCC(C)(CC(C)(CC(C)(CC(C)(CC(C)(CC(C)(CC(C)(CC(C)(CC(C)(CC(C)(C)C(=O)OCCO)C(=O)OCCO)C(=O)OCCO)C(=O)OCCO)C(=O)OCCO)C(=O)OCCO)C(=O)OCCO)C(=O)OCCO)C(=O)OCCO)C(=O)OCCO. The monoisotopic (exact) mass is 1330 g/mol. The number of rotatable bonds is 49. The zero-order valence-corrected chi connectivity index (χ0v) is 55.9. The van der Waals surface area contributed by atoms with Gasteiger partial charge in [0, 0.05) is 0 Å². The summed E-state index contributed by atoms with van der Waals surface area (Å²) in [5.74, 6) is -11.2. The van der Waals surface area contributed by atoms with Gasteiger partial charge in [0.25, 0.3) is 0 Å². The molecule has 30 heteroatoms. The summed E-state index contributed by atoms with van der Waals surface area (Å²) in [6.45, 7) is 2.74. The molecular weight excluding hydrogens is 1220 g/mol. The van der Waals surface area contributed by atoms with Crippen molar-refractivity contribution in [2.75, 3.05) is 132 Å². The fourth-order valence-corrected chi connectivity index (χ4v) is 13.1. The Morgan fingerprint density at radius 3 is 0.467 bits per heavy atom. The van der Waals surface area contributed by atoms with Crippen LogP contribution >= 0.6 is 0 Å². The Labute approximate surface area is 538 Å². The van der Waals surface area contributed by atoms with Crippen molar-refractivity contribution in [1.29, 1.82) is 0 Å². The van der Waals surface area contributed by atoms with Crippen LogP contribution in [0.3, 0.4) is 0 Å². The summed E-state index contributed by atoms with van der Waals surface area (Å²) in [4.78, 5) is 146. The molecule has 0 aliphatic rings. The predicted octanol–water partition coefficient (Wildman–Crippen LogP) is 0.345. The maximum absolute atomic E-state index is 15.1. The van der Waals surface area contributed by atoms with Gasteiger partial charge in [0.15, 0.2) is 0 Å². The Morgan fingerprint density at radius 2 is 0.326 bits per heavy atom. The zero-order valence-electron chi connectivity index (χ0n) is 55.9. The lowest BCUT2D eigenvalue weighted by Crippen LogP contribution is -2.52. The highest BCUT2D eigenvalue weighted by molar-refractivity contribution is 5.88. The number of aliphatic hydroxyl groups excluding tert-OH is 10. The largest absolute Gasteiger partial charge is 0.463 e. The molecule has 0 radical (unpaired) electrons. The van der Waals surface area contributed by atoms with Gasteiger partial charge in [-0.1, -0.05) is 6.92 Å². The fraction of sp³-hybridized carbons (Fsp3) is 0.839. The Kier molecular flexibility index (Phi) is 36.8. The van der Waals surface area contributed by atoms with Crippen molar-refractivity contribution in [3.05, 3.63) is 0 Å². The second kappa shape index (κ2) is 39.2. The van der Waals surface area contributed by atoms with Crippen LogP contribution in [-0.4, -0.2) is 243 Å². The maximum atomic E-state index is 15.1. The minimum absolute atomic E-state index is 0.00140. The number of ether oxygens (including phenoxy) is 10. The summed E-state index contributed by atoms with van der Waals surface area (Å²) in [6, 6.07) is 0. The van der Waals surface area contributed by atoms with Crippen molar-refractivity contribution in [3.63, 3.8) is 0 Å². The average molecular weight is 1330 g/mol. The fourth-order valence-electron chi connectivity index (χ4n) is 13.1. The minimum atomic E-state index is -2.34. The Hall–Kier alpha value is -5.70. The molecule has 0 rings (SSSR count). The molecule has 0 aliphatic heterocycles. The first kappa shape index (κ1) is 86.3. The van der Waals surface area contributed by atoms with E-state index >= 15 is 19.2 Å². The standard InChI is InChI=1S/C62H106O30/c1-13-54(4,44(74)84-25-15-64)35-56(6,46(76)86-27-17-66)37-58(8,48(78)88-29-19-68)39-60(10,50(80)90-31-21-70)41-62(12,52(82)92-33-23-72)42-61(11,51(81)91-32-22-71)40-59(9,49(79)89-30-20-69)38-57(7,47(77)87-28-18-67)36-55(5,45(75)85-26-16-65)34-53(2,3)43(73)83-24-14-63/h63-72H,13-42H2,1-12H3. The Balaban J connectivity index is 9.29. The Morgan fingerprint density at radius 1 is 0.207 bits per heavy atom. The van der Waals surface area contributed by atoms with E-state index in [-0.39, 0.29) is 6.42 Å². The van der Waals surface area contributed by atoms with Gasteiger partial charge in [-0.05, 0) is 140 Å². The second-order valence-electron chi connectivity index (χ2n) is 26.5. The van der Waals surface area contributed by atoms with E-state index in [0.29, 0.717) is 0 Å². The zero-order chi connectivity index (χ0) is 71.1. The van der Waals surface area contributed by atoms with Crippen molar-refractivity contribution in [3.8, 4) is 0 Å². The summed E-state index contributed by atoms with van der Waals surface area (Å²) in [5, 5.41) is 98.2. The van der Waals surface area contributed by atoms with Crippen LogP contribution in [0.2, 0.25) is 0 Å². The van der Waals surface area contributed by atoms with Crippen molar-refractivity contribution >= 4 is 59.7 Å². The first-order chi connectivity index (χ1) is 42.7. The van der Waals surface area contributed by atoms with E-state index in [9.17, 15) is 79.8 Å². The summed E-state index contributed by atoms with van der Waals surface area (Å²) in [7, 11) is 0. The maximum Gasteiger partial charge on any atom is 0.311 e. The molecule has 10 N–H and O–H groups in total. The van der Waals surface area contributed by atoms with Gasteiger partial charge in [0.05, 0.1) is 120 Å². The van der Waals surface area contributed by atoms with Crippen molar-refractivity contribution in [2.24, 2.45) is 54.1 Å². The van der Waals surface area contributed by atoms with Crippen molar-refractivity contribution in [1.82, 2.24) is 0 Å². The van der Waals surface area contributed by atoms with Gasteiger partial charge in [0.1, 0.15) is 66.1 Å². The minimum Gasteiger partial charge on any atom is -0.463 e. The lowest BCUT2D eigenvalue weighted by atomic mass is 9.56. The number of hydrogen-bond donors (Lipinski definition) is 10. The number of carbonyl (C=O) groups is 10. The quantitative estimate of drug-likeness (QED) is 0.0290. The van der Waals surface area contributed by atoms with Crippen LogP contribution < -0.4 is 0 Å². The van der Waals surface area contributed by atoms with Gasteiger partial charge in [-0.15, -0.1) is 0 Å². The van der Waals surface area contributed by atoms with E-state index in [1.807, 2.05) is 0 Å². The molecule has 0 aliphatic carbocycles. The molecule has 9 unspecified atom stereocenters. The molecule has 0 bridgehead atoms. The number of hydrogen-bond acceptors (Lipinski definition) is 30. The van der Waals surface area contributed by atoms with E-state index < -0.39 is 304 Å². The summed E-state index contributed by atoms with van der Waals surface area (Å²) in [5.41, 5.74) is -20.8. The van der Waals surface area contributed by atoms with Crippen LogP contribution in [-0.2, 0) is 95.3 Å². The number of aliphatic hydroxyl groups is 10. The molecule has 0 saturated carbocycles.